The van der Waals surface area contributed by atoms with Crippen LogP contribution in [0, 0.1) is 6.92 Å². The van der Waals surface area contributed by atoms with E-state index < -0.39 is 0 Å². The van der Waals surface area contributed by atoms with Gasteiger partial charge in [0.05, 0.1) is 10.6 Å². The molecule has 0 aliphatic rings. The summed E-state index contributed by atoms with van der Waals surface area (Å²) in [5.74, 6) is -0.112. The third-order valence-electron chi connectivity index (χ3n) is 5.31. The highest BCUT2D eigenvalue weighted by atomic mass is 35.5. The fourth-order valence-electron chi connectivity index (χ4n) is 3.47. The van der Waals surface area contributed by atoms with Gasteiger partial charge in [-0.25, -0.2) is 0 Å². The second-order valence-corrected chi connectivity index (χ2v) is 9.85. The van der Waals surface area contributed by atoms with Gasteiger partial charge >= 0.3 is 0 Å². The van der Waals surface area contributed by atoms with E-state index in [9.17, 15) is 4.79 Å². The summed E-state index contributed by atoms with van der Waals surface area (Å²) in [7, 11) is 0. The van der Waals surface area contributed by atoms with E-state index in [1.165, 1.54) is 17.3 Å². The molecule has 5 heteroatoms. The van der Waals surface area contributed by atoms with Crippen molar-refractivity contribution < 1.29 is 4.79 Å². The molecule has 1 amide bonds. The highest BCUT2D eigenvalue weighted by Gasteiger charge is 2.16. The molecule has 3 nitrogen and oxygen atoms in total. The topological polar surface area (TPSA) is 42.0 Å². The van der Waals surface area contributed by atoms with Crippen LogP contribution < -0.4 is 5.32 Å². The summed E-state index contributed by atoms with van der Waals surface area (Å²) in [4.78, 5) is 19.4. The van der Waals surface area contributed by atoms with Crippen LogP contribution in [0.2, 0.25) is 5.02 Å². The van der Waals surface area contributed by atoms with E-state index >= 15 is 0 Å². The largest absolute Gasteiger partial charge is 0.347 e. The lowest BCUT2D eigenvalue weighted by Crippen LogP contribution is -2.23. The smallest absolute Gasteiger partial charge is 0.257 e. The average Bonchev–Trinajstić information content (AvgIpc) is 2.82. The van der Waals surface area contributed by atoms with Crippen LogP contribution in [0.5, 0.6) is 0 Å². The molecule has 0 saturated carbocycles. The number of pyridine rings is 1. The molecule has 2 aromatic rings. The predicted octanol–water partition coefficient (Wildman–Crippen LogP) is 8.67. The van der Waals surface area contributed by atoms with Crippen LogP contribution >= 0.6 is 23.4 Å². The lowest BCUT2D eigenvalue weighted by molar-refractivity contribution is -0.116. The Morgan fingerprint density at radius 1 is 1.23 bits per heavy atom. The quantitative estimate of drug-likeness (QED) is 0.259. The van der Waals surface area contributed by atoms with Gasteiger partial charge < -0.3 is 5.32 Å². The number of halogens is 1. The Morgan fingerprint density at radius 3 is 2.54 bits per heavy atom. The first-order valence-corrected chi connectivity index (χ1v) is 12.9. The first kappa shape index (κ1) is 28.4. The van der Waals surface area contributed by atoms with Gasteiger partial charge in [-0.1, -0.05) is 90.5 Å². The van der Waals surface area contributed by atoms with Crippen LogP contribution in [0.3, 0.4) is 0 Å². The van der Waals surface area contributed by atoms with Gasteiger partial charge in [0.1, 0.15) is 0 Å². The summed E-state index contributed by atoms with van der Waals surface area (Å²) in [5.41, 5.74) is 7.13. The number of allylic oxidation sites excluding steroid dienone is 7. The number of carbonyl (C=O) groups is 1. The SMILES string of the molecule is C=C(C)/C=C(\C=C/C)c1ncc(CNC(=O)/C(=C/C)SC(=C(C)CC)c2cccc(Cl)c2)cc1C. The molecule has 0 radical (unpaired) electrons. The van der Waals surface area contributed by atoms with Gasteiger partial charge in [0.2, 0.25) is 0 Å². The third kappa shape index (κ3) is 8.41. The number of benzene rings is 1. The molecule has 0 saturated heterocycles. The van der Waals surface area contributed by atoms with Gasteiger partial charge in [0.15, 0.2) is 0 Å². The van der Waals surface area contributed by atoms with E-state index in [2.05, 4.69) is 36.8 Å². The molecule has 0 aliphatic heterocycles. The number of aryl methyl sites for hydroxylation is 1. The van der Waals surface area contributed by atoms with Crippen molar-refractivity contribution in [2.75, 3.05) is 0 Å². The molecule has 0 bridgehead atoms. The molecule has 184 valence electrons. The first-order chi connectivity index (χ1) is 16.7. The zero-order valence-corrected chi connectivity index (χ0v) is 23.1. The molecular weight excluding hydrogens is 472 g/mol. The maximum atomic E-state index is 13.1. The molecular formula is C30H35ClN2OS. The van der Waals surface area contributed by atoms with Gasteiger partial charge in [-0.2, -0.15) is 0 Å². The molecule has 0 atom stereocenters. The lowest BCUT2D eigenvalue weighted by atomic mass is 10.0. The van der Waals surface area contributed by atoms with Gasteiger partial charge in [0.25, 0.3) is 5.91 Å². The first-order valence-electron chi connectivity index (χ1n) is 11.7. The van der Waals surface area contributed by atoms with E-state index in [0.717, 1.165) is 44.9 Å². The lowest BCUT2D eigenvalue weighted by Gasteiger charge is -2.15. The van der Waals surface area contributed by atoms with E-state index in [0.29, 0.717) is 16.5 Å². The molecule has 35 heavy (non-hydrogen) atoms. The fraction of sp³-hybridized carbons (Fsp3) is 0.267. The van der Waals surface area contributed by atoms with Crippen molar-refractivity contribution in [2.24, 2.45) is 0 Å². The zero-order chi connectivity index (χ0) is 26.0. The highest BCUT2D eigenvalue weighted by Crippen LogP contribution is 2.38. The zero-order valence-electron chi connectivity index (χ0n) is 21.5. The second kappa shape index (κ2) is 13.9. The van der Waals surface area contributed by atoms with Crippen LogP contribution in [0.4, 0.5) is 0 Å². The molecule has 2 rings (SSSR count). The number of hydrogen-bond donors (Lipinski definition) is 1. The van der Waals surface area contributed by atoms with Crippen molar-refractivity contribution in [3.8, 4) is 0 Å². The van der Waals surface area contributed by atoms with Gasteiger partial charge in [-0.3, -0.25) is 9.78 Å². The summed E-state index contributed by atoms with van der Waals surface area (Å²) in [6, 6.07) is 9.82. The molecule has 0 aliphatic carbocycles. The Labute approximate surface area is 219 Å². The van der Waals surface area contributed by atoms with Gasteiger partial charge in [-0.15, -0.1) is 0 Å². The van der Waals surface area contributed by atoms with Crippen molar-refractivity contribution in [1.29, 1.82) is 0 Å². The Bertz CT molecular complexity index is 1200. The monoisotopic (exact) mass is 506 g/mol. The van der Waals surface area contributed by atoms with Crippen LogP contribution in [0.25, 0.3) is 10.5 Å². The minimum Gasteiger partial charge on any atom is -0.347 e. The maximum Gasteiger partial charge on any atom is 0.257 e. The highest BCUT2D eigenvalue weighted by molar-refractivity contribution is 8.12. The van der Waals surface area contributed by atoms with E-state index in [1.807, 2.05) is 82.5 Å². The number of amides is 1. The molecule has 1 heterocycles. The third-order valence-corrected chi connectivity index (χ3v) is 6.98. The Balaban J connectivity index is 2.18. The van der Waals surface area contributed by atoms with Crippen LogP contribution in [0.1, 0.15) is 63.4 Å². The average molecular weight is 507 g/mol. The normalized spacial score (nSPS) is 13.1. The molecule has 0 fully saturated rings. The van der Waals surface area contributed by atoms with Crippen LogP contribution in [-0.4, -0.2) is 10.9 Å². The van der Waals surface area contributed by atoms with Gasteiger partial charge in [-0.05, 0) is 69.9 Å². The number of rotatable bonds is 10. The number of nitrogens with zero attached hydrogens (tertiary/aromatic N) is 1. The standard InChI is InChI=1S/C30H35ClN2OS/c1-8-12-24(15-20(4)5)28-22(7)16-23(18-32-28)19-33-30(34)27(10-3)35-29(21(6)9-2)25-13-11-14-26(31)17-25/h8,10-18H,4,9,19H2,1-3,5-7H3,(H,33,34)/b12-8-,24-15+,27-10-,29-21?. The molecule has 1 N–H and O–H groups in total. The van der Waals surface area contributed by atoms with E-state index in [1.54, 1.807) is 0 Å². The van der Waals surface area contributed by atoms with Crippen LogP contribution in [0.15, 0.2) is 83.5 Å². The van der Waals surface area contributed by atoms with Crippen molar-refractivity contribution in [2.45, 2.75) is 54.5 Å². The Hall–Kier alpha value is -2.82. The van der Waals surface area contributed by atoms with Crippen molar-refractivity contribution in [1.82, 2.24) is 10.3 Å². The second-order valence-electron chi connectivity index (χ2n) is 8.37. The molecule has 1 aromatic heterocycles. The number of nitrogens with one attached hydrogen (secondary N) is 1. The Morgan fingerprint density at radius 2 is 1.97 bits per heavy atom. The number of aromatic nitrogens is 1. The number of carbonyl (C=O) groups excluding carboxylic acids is 1. The summed E-state index contributed by atoms with van der Waals surface area (Å²) >= 11 is 7.71. The van der Waals surface area contributed by atoms with Gasteiger partial charge in [0, 0.05) is 28.2 Å². The van der Waals surface area contributed by atoms with Crippen molar-refractivity contribution in [3.63, 3.8) is 0 Å². The molecule has 0 unspecified atom stereocenters. The fourth-order valence-corrected chi connectivity index (χ4v) is 4.73. The Kier molecular flexibility index (Phi) is 11.3. The predicted molar refractivity (Wildman–Crippen MR) is 154 cm³/mol. The number of hydrogen-bond acceptors (Lipinski definition) is 3. The molecule has 1 aromatic carbocycles. The van der Waals surface area contributed by atoms with E-state index in [4.69, 9.17) is 11.6 Å². The minimum absolute atomic E-state index is 0.112. The summed E-state index contributed by atoms with van der Waals surface area (Å²) in [5, 5.41) is 3.73. The summed E-state index contributed by atoms with van der Waals surface area (Å²) in [6.07, 6.45) is 10.6. The minimum atomic E-state index is -0.112. The van der Waals surface area contributed by atoms with Crippen molar-refractivity contribution in [3.05, 3.63) is 111 Å². The molecule has 0 spiro atoms. The van der Waals surface area contributed by atoms with Crippen LogP contribution in [-0.2, 0) is 11.3 Å². The van der Waals surface area contributed by atoms with Crippen molar-refractivity contribution >= 4 is 39.7 Å². The van der Waals surface area contributed by atoms with E-state index in [-0.39, 0.29) is 5.91 Å². The summed E-state index contributed by atoms with van der Waals surface area (Å²) < 4.78 is 0. The summed E-state index contributed by atoms with van der Waals surface area (Å²) in [6.45, 7) is 16.5. The maximum absolute atomic E-state index is 13.1. The number of thioether (sulfide) groups is 1.